The number of aliphatic carboxylic acids is 1. The van der Waals surface area contributed by atoms with E-state index in [2.05, 4.69) is 15.9 Å². The quantitative estimate of drug-likeness (QED) is 0.749. The molecule has 0 amide bonds. The molecule has 0 bridgehead atoms. The smallest absolute Gasteiger partial charge is 0.306 e. The molecule has 1 aliphatic carbocycles. The zero-order chi connectivity index (χ0) is 15.6. The Morgan fingerprint density at radius 3 is 2.52 bits per heavy atom. The predicted molar refractivity (Wildman–Crippen MR) is 84.2 cm³/mol. The number of hydrogen-bond donors (Lipinski definition) is 2. The predicted octanol–water partition coefficient (Wildman–Crippen LogP) is 4.14. The van der Waals surface area contributed by atoms with E-state index in [9.17, 15) is 9.90 Å². The minimum Gasteiger partial charge on any atom is -0.489 e. The summed E-state index contributed by atoms with van der Waals surface area (Å²) >= 11 is 15.3. The lowest BCUT2D eigenvalue weighted by Crippen LogP contribution is -2.41. The summed E-state index contributed by atoms with van der Waals surface area (Å²) in [5.41, 5.74) is -1.02. The summed E-state index contributed by atoms with van der Waals surface area (Å²) in [5, 5.41) is 20.3. The summed E-state index contributed by atoms with van der Waals surface area (Å²) in [6.07, 6.45) is 1.69. The largest absolute Gasteiger partial charge is 0.489 e. The Kier molecular flexibility index (Phi) is 5.41. The fraction of sp³-hybridized carbons (Fsp3) is 0.500. The lowest BCUT2D eigenvalue weighted by Gasteiger charge is -2.34. The molecule has 0 saturated heterocycles. The van der Waals surface area contributed by atoms with Gasteiger partial charge in [-0.25, -0.2) is 0 Å². The molecular weight excluding hydrogens is 383 g/mol. The molecule has 2 N–H and O–H groups in total. The number of carboxylic acids is 1. The molecule has 1 aromatic carbocycles. The number of rotatable bonds is 4. The van der Waals surface area contributed by atoms with Crippen molar-refractivity contribution < 1.29 is 19.7 Å². The molecule has 0 radical (unpaired) electrons. The van der Waals surface area contributed by atoms with Crippen molar-refractivity contribution in [3.63, 3.8) is 0 Å². The lowest BCUT2D eigenvalue weighted by molar-refractivity contribution is -0.145. The molecule has 0 aliphatic heterocycles. The monoisotopic (exact) mass is 396 g/mol. The highest BCUT2D eigenvalue weighted by atomic mass is 79.9. The molecule has 2 rings (SSSR count). The summed E-state index contributed by atoms with van der Waals surface area (Å²) in [6.45, 7) is 0.0665. The Morgan fingerprint density at radius 2 is 1.95 bits per heavy atom. The zero-order valence-electron chi connectivity index (χ0n) is 11.1. The molecule has 1 fully saturated rings. The summed E-state index contributed by atoms with van der Waals surface area (Å²) in [7, 11) is 0. The van der Waals surface area contributed by atoms with Gasteiger partial charge >= 0.3 is 5.97 Å². The minimum atomic E-state index is -1.02. The molecule has 0 spiro atoms. The molecule has 1 aromatic rings. The Bertz CT molecular complexity index is 542. The third-order valence-electron chi connectivity index (χ3n) is 3.74. The first-order valence-corrected chi connectivity index (χ1v) is 8.08. The summed E-state index contributed by atoms with van der Waals surface area (Å²) in [6, 6.07) is 3.21. The summed E-state index contributed by atoms with van der Waals surface area (Å²) in [5.74, 6) is -0.782. The van der Waals surface area contributed by atoms with Gasteiger partial charge in [0.2, 0.25) is 0 Å². The van der Waals surface area contributed by atoms with Crippen molar-refractivity contribution in [2.24, 2.45) is 5.92 Å². The Hall–Kier alpha value is -0.490. The Balaban J connectivity index is 1.97. The van der Waals surface area contributed by atoms with Gasteiger partial charge in [0, 0.05) is 10.5 Å². The van der Waals surface area contributed by atoms with Crippen molar-refractivity contribution in [3.8, 4) is 5.75 Å². The fourth-order valence-corrected chi connectivity index (χ4v) is 3.22. The minimum absolute atomic E-state index is 0.0665. The van der Waals surface area contributed by atoms with Crippen molar-refractivity contribution in [1.82, 2.24) is 0 Å². The Morgan fingerprint density at radius 1 is 1.33 bits per heavy atom. The van der Waals surface area contributed by atoms with E-state index in [4.69, 9.17) is 33.0 Å². The second kappa shape index (κ2) is 6.73. The van der Waals surface area contributed by atoms with Crippen LogP contribution in [0, 0.1) is 5.92 Å². The van der Waals surface area contributed by atoms with Crippen molar-refractivity contribution in [3.05, 3.63) is 26.7 Å². The van der Waals surface area contributed by atoms with E-state index in [1.165, 1.54) is 0 Å². The zero-order valence-corrected chi connectivity index (χ0v) is 14.2. The van der Waals surface area contributed by atoms with Gasteiger partial charge in [0.25, 0.3) is 0 Å². The molecule has 1 aliphatic rings. The topological polar surface area (TPSA) is 66.8 Å². The second-order valence-corrected chi connectivity index (χ2v) is 6.99. The van der Waals surface area contributed by atoms with Crippen molar-refractivity contribution in [2.75, 3.05) is 6.61 Å². The number of benzene rings is 1. The van der Waals surface area contributed by atoms with Gasteiger partial charge in [-0.2, -0.15) is 0 Å². The van der Waals surface area contributed by atoms with Gasteiger partial charge in [0.15, 0.2) is 0 Å². The first-order chi connectivity index (χ1) is 9.81. The maximum absolute atomic E-state index is 10.9. The molecule has 7 heteroatoms. The molecule has 0 atom stereocenters. The molecule has 21 heavy (non-hydrogen) atoms. The highest BCUT2D eigenvalue weighted by Gasteiger charge is 2.36. The van der Waals surface area contributed by atoms with E-state index in [0.29, 0.717) is 46.0 Å². The van der Waals surface area contributed by atoms with Crippen LogP contribution >= 0.6 is 39.1 Å². The van der Waals surface area contributed by atoms with Gasteiger partial charge < -0.3 is 14.9 Å². The number of halogens is 3. The number of carbonyl (C=O) groups is 1. The van der Waals surface area contributed by atoms with Crippen molar-refractivity contribution >= 4 is 45.1 Å². The molecule has 116 valence electrons. The lowest BCUT2D eigenvalue weighted by atomic mass is 9.79. The number of aliphatic hydroxyl groups is 1. The van der Waals surface area contributed by atoms with Gasteiger partial charge in [-0.1, -0.05) is 23.2 Å². The molecule has 4 nitrogen and oxygen atoms in total. The number of hydrogen-bond acceptors (Lipinski definition) is 3. The molecule has 0 unspecified atom stereocenters. The van der Waals surface area contributed by atoms with Crippen LogP contribution in [0.3, 0.4) is 0 Å². The van der Waals surface area contributed by atoms with E-state index in [-0.39, 0.29) is 12.5 Å². The van der Waals surface area contributed by atoms with E-state index in [0.717, 1.165) is 0 Å². The van der Waals surface area contributed by atoms with E-state index >= 15 is 0 Å². The third kappa shape index (κ3) is 4.25. The first-order valence-electron chi connectivity index (χ1n) is 6.53. The van der Waals surface area contributed by atoms with Gasteiger partial charge in [0.1, 0.15) is 12.4 Å². The Labute approximate surface area is 141 Å². The summed E-state index contributed by atoms with van der Waals surface area (Å²) in [4.78, 5) is 10.9. The molecular formula is C14H15BrCl2O4. The summed E-state index contributed by atoms with van der Waals surface area (Å²) < 4.78 is 6.24. The normalized spacial score (nSPS) is 25.6. The fourth-order valence-electron chi connectivity index (χ4n) is 2.37. The van der Waals surface area contributed by atoms with Crippen LogP contribution in [0.25, 0.3) is 0 Å². The molecule has 0 aromatic heterocycles. The molecule has 0 heterocycles. The van der Waals surface area contributed by atoms with E-state index < -0.39 is 11.6 Å². The van der Waals surface area contributed by atoms with E-state index in [1.54, 1.807) is 12.1 Å². The molecule has 1 saturated carbocycles. The van der Waals surface area contributed by atoms with Gasteiger partial charge in [-0.3, -0.25) is 4.79 Å². The highest BCUT2D eigenvalue weighted by Crippen LogP contribution is 2.36. The standard InChI is InChI=1S/C14H15BrCl2O4/c15-9-5-11(17)12(6-10(9)16)21-7-14(20)3-1-8(2-4-14)13(18)19/h5-6,8,20H,1-4,7H2,(H,18,19). The van der Waals surface area contributed by atoms with Crippen molar-refractivity contribution in [2.45, 2.75) is 31.3 Å². The van der Waals surface area contributed by atoms with Crippen LogP contribution in [0.4, 0.5) is 0 Å². The first kappa shape index (κ1) is 16.9. The van der Waals surface area contributed by atoms with Crippen LogP contribution in [0.1, 0.15) is 25.7 Å². The average Bonchev–Trinajstić information content (AvgIpc) is 2.42. The van der Waals surface area contributed by atoms with Gasteiger partial charge in [-0.05, 0) is 47.7 Å². The van der Waals surface area contributed by atoms with Crippen LogP contribution in [0.15, 0.2) is 16.6 Å². The average molecular weight is 398 g/mol. The second-order valence-electron chi connectivity index (χ2n) is 5.32. The van der Waals surface area contributed by atoms with E-state index in [1.807, 2.05) is 0 Å². The van der Waals surface area contributed by atoms with Crippen LogP contribution in [-0.4, -0.2) is 28.4 Å². The highest BCUT2D eigenvalue weighted by molar-refractivity contribution is 9.10. The van der Waals surface area contributed by atoms with Gasteiger partial charge in [-0.15, -0.1) is 0 Å². The van der Waals surface area contributed by atoms with Gasteiger partial charge in [0.05, 0.1) is 21.6 Å². The number of carboxylic acid groups (broad SMARTS) is 1. The third-order valence-corrected chi connectivity index (χ3v) is 5.23. The van der Waals surface area contributed by atoms with Crippen molar-refractivity contribution in [1.29, 1.82) is 0 Å². The number of ether oxygens (including phenoxy) is 1. The van der Waals surface area contributed by atoms with Crippen LogP contribution in [-0.2, 0) is 4.79 Å². The maximum atomic E-state index is 10.9. The van der Waals surface area contributed by atoms with Crippen LogP contribution < -0.4 is 4.74 Å². The van der Waals surface area contributed by atoms with Crippen LogP contribution in [0.5, 0.6) is 5.75 Å². The maximum Gasteiger partial charge on any atom is 0.306 e. The SMILES string of the molecule is O=C(O)C1CCC(O)(COc2cc(Cl)c(Br)cc2Cl)CC1. The van der Waals surface area contributed by atoms with Crippen LogP contribution in [0.2, 0.25) is 10.0 Å².